The van der Waals surface area contributed by atoms with Gasteiger partial charge in [-0.2, -0.15) is 0 Å². The van der Waals surface area contributed by atoms with Crippen molar-refractivity contribution in [3.8, 4) is 17.0 Å². The maximum Gasteiger partial charge on any atom is 0.186 e. The smallest absolute Gasteiger partial charge is 0.186 e. The molecule has 2 aliphatic rings. The molecule has 4 heterocycles. The molecule has 192 valence electrons. The maximum atomic E-state index is 15.0. The van der Waals surface area contributed by atoms with Crippen LogP contribution in [0, 0.1) is 11.6 Å². The summed E-state index contributed by atoms with van der Waals surface area (Å²) in [6.45, 7) is 8.94. The Bertz CT molecular complexity index is 1450. The fourth-order valence-electron chi connectivity index (χ4n) is 4.91. The summed E-state index contributed by atoms with van der Waals surface area (Å²) in [6.07, 6.45) is 1.58. The molecule has 2 aromatic heterocycles. The Morgan fingerprint density at radius 3 is 2.70 bits per heavy atom. The van der Waals surface area contributed by atoms with E-state index in [1.54, 1.807) is 17.4 Å². The Labute approximate surface area is 218 Å². The van der Waals surface area contributed by atoms with Crippen LogP contribution in [0.15, 0.2) is 36.5 Å². The van der Waals surface area contributed by atoms with Crippen LogP contribution in [0.3, 0.4) is 0 Å². The zero-order valence-electron chi connectivity index (χ0n) is 20.8. The summed E-state index contributed by atoms with van der Waals surface area (Å²) in [7, 11) is 0. The molecule has 37 heavy (non-hydrogen) atoms. The zero-order valence-corrected chi connectivity index (χ0v) is 21.6. The number of hydrogen-bond acceptors (Lipinski definition) is 8. The van der Waals surface area contributed by atoms with Crippen LogP contribution in [0.4, 0.5) is 19.6 Å². The van der Waals surface area contributed by atoms with Gasteiger partial charge in [0.1, 0.15) is 18.1 Å². The van der Waals surface area contributed by atoms with E-state index in [-0.39, 0.29) is 17.5 Å². The van der Waals surface area contributed by atoms with E-state index >= 15 is 0 Å². The number of ether oxygens (including phenoxy) is 1. The molecule has 0 aliphatic carbocycles. The van der Waals surface area contributed by atoms with E-state index in [0.29, 0.717) is 36.6 Å². The minimum Gasteiger partial charge on any atom is -0.486 e. The van der Waals surface area contributed by atoms with Crippen molar-refractivity contribution in [2.75, 3.05) is 49.1 Å². The van der Waals surface area contributed by atoms with Crippen LogP contribution < -0.4 is 19.9 Å². The predicted octanol–water partition coefficient (Wildman–Crippen LogP) is 4.64. The van der Waals surface area contributed by atoms with Gasteiger partial charge in [-0.15, -0.1) is 0 Å². The van der Waals surface area contributed by atoms with Gasteiger partial charge < -0.3 is 19.9 Å². The minimum absolute atomic E-state index is 0.0803. The van der Waals surface area contributed by atoms with E-state index in [1.807, 2.05) is 26.0 Å². The topological polar surface area (TPSA) is 66.4 Å². The van der Waals surface area contributed by atoms with Gasteiger partial charge in [0, 0.05) is 44.2 Å². The molecule has 1 N–H and O–H groups in total. The number of piperazine rings is 1. The second-order valence-electron chi connectivity index (χ2n) is 9.64. The minimum atomic E-state index is -0.591. The fourth-order valence-corrected chi connectivity index (χ4v) is 5.91. The molecule has 2 aliphatic heterocycles. The van der Waals surface area contributed by atoms with Gasteiger partial charge in [0.15, 0.2) is 22.5 Å². The van der Waals surface area contributed by atoms with Crippen molar-refractivity contribution in [1.82, 2.24) is 20.3 Å². The Morgan fingerprint density at radius 1 is 1.05 bits per heavy atom. The number of aromatic nitrogens is 3. The number of benzene rings is 2. The highest BCUT2D eigenvalue weighted by Crippen LogP contribution is 2.39. The second kappa shape index (κ2) is 9.83. The molecular weight excluding hydrogens is 494 g/mol. The summed E-state index contributed by atoms with van der Waals surface area (Å²) >= 11 is 1.69. The first-order chi connectivity index (χ1) is 18.0. The third-order valence-electron chi connectivity index (χ3n) is 6.79. The van der Waals surface area contributed by atoms with Crippen molar-refractivity contribution < 1.29 is 13.5 Å². The molecule has 1 saturated heterocycles. The largest absolute Gasteiger partial charge is 0.486 e. The Morgan fingerprint density at radius 2 is 1.89 bits per heavy atom. The lowest BCUT2D eigenvalue weighted by atomic mass is 10.1. The van der Waals surface area contributed by atoms with Gasteiger partial charge in [0.05, 0.1) is 28.6 Å². The second-order valence-corrected chi connectivity index (χ2v) is 10.6. The van der Waals surface area contributed by atoms with Gasteiger partial charge in [-0.1, -0.05) is 17.4 Å². The van der Waals surface area contributed by atoms with Crippen LogP contribution >= 0.6 is 11.3 Å². The predicted molar refractivity (Wildman–Crippen MR) is 143 cm³/mol. The van der Waals surface area contributed by atoms with E-state index in [4.69, 9.17) is 9.72 Å². The average Bonchev–Trinajstić information content (AvgIpc) is 3.33. The number of rotatable bonds is 5. The molecule has 0 amide bonds. The molecule has 0 bridgehead atoms. The van der Waals surface area contributed by atoms with Crippen molar-refractivity contribution in [3.63, 3.8) is 0 Å². The quantitative estimate of drug-likeness (QED) is 0.410. The lowest BCUT2D eigenvalue weighted by Crippen LogP contribution is -2.43. The molecular formula is C27H28F2N6OS. The van der Waals surface area contributed by atoms with Crippen molar-refractivity contribution in [2.45, 2.75) is 26.3 Å². The van der Waals surface area contributed by atoms with E-state index in [2.05, 4.69) is 31.2 Å². The molecule has 1 fully saturated rings. The lowest BCUT2D eigenvalue weighted by molar-refractivity contribution is 0.287. The first kappa shape index (κ1) is 24.0. The highest BCUT2D eigenvalue weighted by Gasteiger charge is 2.26. The molecule has 7 nitrogen and oxygen atoms in total. The highest BCUT2D eigenvalue weighted by molar-refractivity contribution is 7.22. The van der Waals surface area contributed by atoms with Gasteiger partial charge in [0.25, 0.3) is 0 Å². The standard InChI is InChI=1S/C27H28F2N6OS/c1-16(2)35-9-10-36-26-19(28)13-18(14-22(26)35)25-20(29)15-31-24(33-25)12-17-3-4-23-21(11-17)32-27(37-23)34-7-5-30-6-8-34/h3-4,11,13-16,30H,5-10,12H2,1-2H3. The SMILES string of the molecule is CC(C)N1CCOc2c(F)cc(-c3nc(Cc4ccc5sc(N6CCNCC6)nc5c4)ncc3F)cc21. The first-order valence-electron chi connectivity index (χ1n) is 12.6. The lowest BCUT2D eigenvalue weighted by Gasteiger charge is -2.34. The van der Waals surface area contributed by atoms with Crippen LogP contribution in [-0.2, 0) is 6.42 Å². The van der Waals surface area contributed by atoms with E-state index in [0.717, 1.165) is 53.3 Å². The molecule has 6 rings (SSSR count). The third kappa shape index (κ3) is 4.71. The number of nitrogens with zero attached hydrogens (tertiary/aromatic N) is 5. The van der Waals surface area contributed by atoms with Crippen LogP contribution in [0.25, 0.3) is 21.5 Å². The molecule has 0 atom stereocenters. The number of fused-ring (bicyclic) bond motifs is 2. The average molecular weight is 523 g/mol. The van der Waals surface area contributed by atoms with Crippen molar-refractivity contribution in [3.05, 3.63) is 59.6 Å². The van der Waals surface area contributed by atoms with E-state index in [9.17, 15) is 8.78 Å². The highest BCUT2D eigenvalue weighted by atomic mass is 32.1. The number of nitrogens with one attached hydrogen (secondary N) is 1. The maximum absolute atomic E-state index is 15.0. The zero-order chi connectivity index (χ0) is 25.5. The van der Waals surface area contributed by atoms with Gasteiger partial charge >= 0.3 is 0 Å². The van der Waals surface area contributed by atoms with Gasteiger partial charge in [-0.25, -0.2) is 23.7 Å². The first-order valence-corrected chi connectivity index (χ1v) is 13.4. The number of thiazole rings is 1. The van der Waals surface area contributed by atoms with Gasteiger partial charge in [-0.05, 0) is 43.7 Å². The Kier molecular flexibility index (Phi) is 6.37. The summed E-state index contributed by atoms with van der Waals surface area (Å²) in [5, 5.41) is 4.40. The van der Waals surface area contributed by atoms with Gasteiger partial charge in [-0.3, -0.25) is 0 Å². The van der Waals surface area contributed by atoms with Crippen molar-refractivity contribution in [1.29, 1.82) is 0 Å². The van der Waals surface area contributed by atoms with Gasteiger partial charge in [0.2, 0.25) is 0 Å². The van der Waals surface area contributed by atoms with Crippen molar-refractivity contribution in [2.24, 2.45) is 0 Å². The van der Waals surface area contributed by atoms with Crippen LogP contribution in [0.1, 0.15) is 25.2 Å². The summed E-state index contributed by atoms with van der Waals surface area (Å²) < 4.78 is 36.6. The van der Waals surface area contributed by atoms with Crippen LogP contribution in [0.2, 0.25) is 0 Å². The molecule has 0 unspecified atom stereocenters. The number of halogens is 2. The summed E-state index contributed by atoms with van der Waals surface area (Å²) in [5.41, 5.74) is 2.98. The molecule has 0 saturated carbocycles. The van der Waals surface area contributed by atoms with Crippen molar-refractivity contribution >= 4 is 32.4 Å². The Balaban J connectivity index is 1.30. The molecule has 0 spiro atoms. The van der Waals surface area contributed by atoms with E-state index < -0.39 is 11.6 Å². The summed E-state index contributed by atoms with van der Waals surface area (Å²) in [4.78, 5) is 17.9. The summed E-state index contributed by atoms with van der Waals surface area (Å²) in [5.74, 6) is -0.447. The van der Waals surface area contributed by atoms with Crippen LogP contribution in [0.5, 0.6) is 5.75 Å². The molecule has 4 aromatic rings. The third-order valence-corrected chi connectivity index (χ3v) is 7.89. The Hall–Kier alpha value is -3.37. The monoisotopic (exact) mass is 522 g/mol. The molecule has 2 aromatic carbocycles. The van der Waals surface area contributed by atoms with E-state index in [1.165, 1.54) is 6.07 Å². The molecule has 10 heteroatoms. The fraction of sp³-hybridized carbons (Fsp3) is 0.370. The summed E-state index contributed by atoms with van der Waals surface area (Å²) in [6, 6.07) is 9.34. The van der Waals surface area contributed by atoms with Crippen LogP contribution in [-0.4, -0.2) is 60.3 Å². The normalized spacial score (nSPS) is 15.8. The number of hydrogen-bond donors (Lipinski definition) is 1. The number of anilines is 2. The molecule has 0 radical (unpaired) electrons.